The van der Waals surface area contributed by atoms with Gasteiger partial charge in [-0.1, -0.05) is 0 Å². The Hall–Kier alpha value is -2.09. The van der Waals surface area contributed by atoms with Crippen LogP contribution in [0.1, 0.15) is 36.2 Å². The van der Waals surface area contributed by atoms with E-state index in [4.69, 9.17) is 0 Å². The Morgan fingerprint density at radius 3 is 2.38 bits per heavy atom. The number of hydrogen-bond donors (Lipinski definition) is 1. The standard InChI is InChI=1S/C16H22N2O5S/c1-11-10-12(18-8-5-9-24(18,22)23)6-7-13(11)14(19)17(4)16(2,3)15(20)21/h6-7,10H,5,8-9H2,1-4H3,(H,20,21). The summed E-state index contributed by atoms with van der Waals surface area (Å²) in [6.07, 6.45) is 0.581. The van der Waals surface area contributed by atoms with Gasteiger partial charge in [-0.3, -0.25) is 9.10 Å². The van der Waals surface area contributed by atoms with Crippen LogP contribution in [0.4, 0.5) is 5.69 Å². The van der Waals surface area contributed by atoms with Crippen LogP contribution >= 0.6 is 0 Å². The van der Waals surface area contributed by atoms with E-state index >= 15 is 0 Å². The molecule has 0 spiro atoms. The van der Waals surface area contributed by atoms with E-state index in [1.165, 1.54) is 30.1 Å². The number of carbonyl (C=O) groups excluding carboxylic acids is 1. The molecule has 1 aromatic carbocycles. The van der Waals surface area contributed by atoms with Gasteiger partial charge in [0.1, 0.15) is 5.54 Å². The minimum absolute atomic E-state index is 0.127. The van der Waals surface area contributed by atoms with Crippen molar-refractivity contribution in [3.63, 3.8) is 0 Å². The van der Waals surface area contributed by atoms with E-state index in [1.54, 1.807) is 25.1 Å². The van der Waals surface area contributed by atoms with E-state index in [0.29, 0.717) is 29.8 Å². The van der Waals surface area contributed by atoms with Gasteiger partial charge in [-0.2, -0.15) is 0 Å². The van der Waals surface area contributed by atoms with Crippen molar-refractivity contribution in [2.24, 2.45) is 0 Å². The summed E-state index contributed by atoms with van der Waals surface area (Å²) in [5, 5.41) is 9.25. The maximum absolute atomic E-state index is 12.6. The molecule has 0 atom stereocenters. The minimum atomic E-state index is -3.28. The van der Waals surface area contributed by atoms with Crippen molar-refractivity contribution < 1.29 is 23.1 Å². The molecular formula is C16H22N2O5S. The molecule has 0 aromatic heterocycles. The lowest BCUT2D eigenvalue weighted by atomic mass is 10.0. The minimum Gasteiger partial charge on any atom is -0.480 e. The molecule has 1 amide bonds. The van der Waals surface area contributed by atoms with Crippen molar-refractivity contribution in [3.05, 3.63) is 29.3 Å². The van der Waals surface area contributed by atoms with Crippen LogP contribution < -0.4 is 4.31 Å². The average molecular weight is 354 g/mol. The lowest BCUT2D eigenvalue weighted by Gasteiger charge is -2.32. The summed E-state index contributed by atoms with van der Waals surface area (Å²) >= 11 is 0. The maximum atomic E-state index is 12.6. The third-order valence-electron chi connectivity index (χ3n) is 4.49. The average Bonchev–Trinajstić information content (AvgIpc) is 2.84. The van der Waals surface area contributed by atoms with E-state index in [2.05, 4.69) is 0 Å². The summed E-state index contributed by atoms with van der Waals surface area (Å²) in [7, 11) is -1.84. The molecule has 8 heteroatoms. The number of carboxylic acids is 1. The number of aryl methyl sites for hydroxylation is 1. The number of nitrogens with zero attached hydrogens (tertiary/aromatic N) is 2. The Kier molecular flexibility index (Phi) is 4.63. The number of likely N-dealkylation sites (N-methyl/N-ethyl adjacent to an activating group) is 1. The van der Waals surface area contributed by atoms with Gasteiger partial charge in [-0.15, -0.1) is 0 Å². The van der Waals surface area contributed by atoms with Crippen LogP contribution in [0.25, 0.3) is 0 Å². The second-order valence-electron chi connectivity index (χ2n) is 6.47. The molecule has 0 aliphatic carbocycles. The molecule has 7 nitrogen and oxygen atoms in total. The number of benzene rings is 1. The molecule has 1 aliphatic rings. The van der Waals surface area contributed by atoms with Crippen molar-refractivity contribution in [3.8, 4) is 0 Å². The highest BCUT2D eigenvalue weighted by Gasteiger charge is 2.36. The lowest BCUT2D eigenvalue weighted by molar-refractivity contribution is -0.147. The fourth-order valence-corrected chi connectivity index (χ4v) is 4.11. The van der Waals surface area contributed by atoms with Gasteiger partial charge in [0.2, 0.25) is 10.0 Å². The number of amides is 1. The first-order chi connectivity index (χ1) is 11.0. The van der Waals surface area contributed by atoms with Crippen LogP contribution in [-0.4, -0.2) is 55.2 Å². The first-order valence-electron chi connectivity index (χ1n) is 7.61. The number of hydrogen-bond acceptors (Lipinski definition) is 4. The number of anilines is 1. The van der Waals surface area contributed by atoms with E-state index < -0.39 is 27.4 Å². The van der Waals surface area contributed by atoms with Gasteiger partial charge in [-0.25, -0.2) is 13.2 Å². The second kappa shape index (κ2) is 6.08. The number of carboxylic acid groups (broad SMARTS) is 1. The second-order valence-corrected chi connectivity index (χ2v) is 8.48. The SMILES string of the molecule is Cc1cc(N2CCCS2(=O)=O)ccc1C(=O)N(C)C(C)(C)C(=O)O. The van der Waals surface area contributed by atoms with Crippen molar-refractivity contribution in [1.82, 2.24) is 4.90 Å². The maximum Gasteiger partial charge on any atom is 0.329 e. The molecule has 0 unspecified atom stereocenters. The third-order valence-corrected chi connectivity index (χ3v) is 6.36. The summed E-state index contributed by atoms with van der Waals surface area (Å²) in [5.74, 6) is -1.39. The number of rotatable bonds is 4. The van der Waals surface area contributed by atoms with Crippen molar-refractivity contribution >= 4 is 27.6 Å². The van der Waals surface area contributed by atoms with Gasteiger partial charge in [0.05, 0.1) is 11.4 Å². The summed E-state index contributed by atoms with van der Waals surface area (Å²) in [6.45, 7) is 5.05. The van der Waals surface area contributed by atoms with E-state index in [9.17, 15) is 23.1 Å². The largest absolute Gasteiger partial charge is 0.480 e. The molecule has 1 aliphatic heterocycles. The quantitative estimate of drug-likeness (QED) is 0.883. The molecule has 2 rings (SSSR count). The van der Waals surface area contributed by atoms with Crippen LogP contribution in [0.2, 0.25) is 0 Å². The van der Waals surface area contributed by atoms with Crippen molar-refractivity contribution in [2.75, 3.05) is 23.7 Å². The van der Waals surface area contributed by atoms with Gasteiger partial charge in [-0.05, 0) is 51.0 Å². The van der Waals surface area contributed by atoms with Gasteiger partial charge in [0.25, 0.3) is 5.91 Å². The van der Waals surface area contributed by atoms with Crippen molar-refractivity contribution in [2.45, 2.75) is 32.7 Å². The number of aliphatic carboxylic acids is 1. The van der Waals surface area contributed by atoms with Crippen LogP contribution in [0.15, 0.2) is 18.2 Å². The molecule has 1 saturated heterocycles. The van der Waals surface area contributed by atoms with E-state index in [1.807, 2.05) is 0 Å². The van der Waals surface area contributed by atoms with E-state index in [-0.39, 0.29) is 5.75 Å². The Balaban J connectivity index is 2.34. The highest BCUT2D eigenvalue weighted by Crippen LogP contribution is 2.27. The van der Waals surface area contributed by atoms with Crippen molar-refractivity contribution in [1.29, 1.82) is 0 Å². The predicted octanol–water partition coefficient (Wildman–Crippen LogP) is 1.47. The molecule has 0 saturated carbocycles. The molecule has 0 radical (unpaired) electrons. The molecular weight excluding hydrogens is 332 g/mol. The Morgan fingerprint density at radius 2 is 1.92 bits per heavy atom. The van der Waals surface area contributed by atoms with Gasteiger partial charge >= 0.3 is 5.97 Å². The van der Waals surface area contributed by atoms with Crippen LogP contribution in [-0.2, 0) is 14.8 Å². The molecule has 1 aromatic rings. The molecule has 0 bridgehead atoms. The summed E-state index contributed by atoms with van der Waals surface area (Å²) < 4.78 is 25.3. The Bertz CT molecular complexity index is 786. The summed E-state index contributed by atoms with van der Waals surface area (Å²) in [6, 6.07) is 4.79. The monoisotopic (exact) mass is 354 g/mol. The Labute approximate surface area is 141 Å². The number of sulfonamides is 1. The highest BCUT2D eigenvalue weighted by molar-refractivity contribution is 7.93. The Morgan fingerprint density at radius 1 is 1.29 bits per heavy atom. The fourth-order valence-electron chi connectivity index (χ4n) is 2.55. The van der Waals surface area contributed by atoms with Gasteiger partial charge in [0, 0.05) is 19.2 Å². The first kappa shape index (κ1) is 18.3. The van der Waals surface area contributed by atoms with Gasteiger partial charge < -0.3 is 10.0 Å². The normalized spacial score (nSPS) is 16.9. The lowest BCUT2D eigenvalue weighted by Crippen LogP contribution is -2.50. The summed E-state index contributed by atoms with van der Waals surface area (Å²) in [5.41, 5.74) is 0.141. The van der Waals surface area contributed by atoms with Crippen LogP contribution in [0, 0.1) is 6.92 Å². The topological polar surface area (TPSA) is 95.0 Å². The zero-order valence-corrected chi connectivity index (χ0v) is 15.1. The highest BCUT2D eigenvalue weighted by atomic mass is 32.2. The van der Waals surface area contributed by atoms with Crippen LogP contribution in [0.5, 0.6) is 0 Å². The molecule has 1 heterocycles. The molecule has 1 N–H and O–H groups in total. The predicted molar refractivity (Wildman–Crippen MR) is 90.7 cm³/mol. The first-order valence-corrected chi connectivity index (χ1v) is 9.22. The number of carbonyl (C=O) groups is 2. The molecule has 24 heavy (non-hydrogen) atoms. The van der Waals surface area contributed by atoms with Crippen LogP contribution in [0.3, 0.4) is 0 Å². The zero-order valence-electron chi connectivity index (χ0n) is 14.2. The van der Waals surface area contributed by atoms with Gasteiger partial charge in [0.15, 0.2) is 0 Å². The fraction of sp³-hybridized carbons (Fsp3) is 0.500. The summed E-state index contributed by atoms with van der Waals surface area (Å²) in [4.78, 5) is 25.1. The third kappa shape index (κ3) is 3.10. The smallest absolute Gasteiger partial charge is 0.329 e. The zero-order chi connectivity index (χ0) is 18.3. The molecule has 1 fully saturated rings. The molecule has 132 valence electrons. The van der Waals surface area contributed by atoms with E-state index in [0.717, 1.165) is 0 Å².